The monoisotopic (exact) mass is 189 g/mol. The third kappa shape index (κ3) is 2.47. The smallest absolute Gasteiger partial charge is 0.186 e. The van der Waals surface area contributed by atoms with Crippen LogP contribution in [0.4, 0.5) is 0 Å². The van der Waals surface area contributed by atoms with E-state index >= 15 is 0 Å². The molecule has 1 N–H and O–H groups in total. The van der Waals surface area contributed by atoms with E-state index in [0.717, 1.165) is 13.0 Å². The molecule has 0 aromatic rings. The summed E-state index contributed by atoms with van der Waals surface area (Å²) in [6, 6.07) is 0.252. The van der Waals surface area contributed by atoms with Crippen LogP contribution in [0.3, 0.4) is 0 Å². The average Bonchev–Trinajstić information content (AvgIpc) is 2.29. The molecule has 1 rings (SSSR count). The van der Waals surface area contributed by atoms with E-state index in [1.54, 1.807) is 6.92 Å². The van der Waals surface area contributed by atoms with Gasteiger partial charge >= 0.3 is 0 Å². The first-order chi connectivity index (χ1) is 5.63. The molecule has 12 heavy (non-hydrogen) atoms. The summed E-state index contributed by atoms with van der Waals surface area (Å²) >= 11 is 1.39. The maximum Gasteiger partial charge on any atom is 0.186 e. The first-order valence-corrected chi connectivity index (χ1v) is 4.99. The Balaban J connectivity index is 2.37. The lowest BCUT2D eigenvalue weighted by atomic mass is 10.2. The Bertz CT molecular complexity index is 174. The van der Waals surface area contributed by atoms with Gasteiger partial charge in [0.25, 0.3) is 0 Å². The minimum Gasteiger partial charge on any atom is -0.395 e. The SMILES string of the molecule is CC(=O)S[C@@H]1C[C@@H](CO)N(C)C1. The van der Waals surface area contributed by atoms with Crippen molar-refractivity contribution in [3.05, 3.63) is 0 Å². The maximum atomic E-state index is 10.8. The number of rotatable bonds is 2. The van der Waals surface area contributed by atoms with E-state index in [1.165, 1.54) is 11.8 Å². The molecule has 0 aliphatic carbocycles. The van der Waals surface area contributed by atoms with Crippen LogP contribution < -0.4 is 0 Å². The number of likely N-dealkylation sites (N-methyl/N-ethyl adjacent to an activating group) is 1. The number of aliphatic hydroxyl groups is 1. The van der Waals surface area contributed by atoms with E-state index < -0.39 is 0 Å². The summed E-state index contributed by atoms with van der Waals surface area (Å²) in [6.07, 6.45) is 0.928. The predicted molar refractivity (Wildman–Crippen MR) is 50.2 cm³/mol. The van der Waals surface area contributed by atoms with Crippen LogP contribution >= 0.6 is 11.8 Å². The molecular weight excluding hydrogens is 174 g/mol. The third-order valence-corrected chi connectivity index (χ3v) is 3.20. The van der Waals surface area contributed by atoms with E-state index in [2.05, 4.69) is 4.90 Å². The lowest BCUT2D eigenvalue weighted by molar-refractivity contribution is -0.109. The van der Waals surface area contributed by atoms with Gasteiger partial charge in [0, 0.05) is 24.8 Å². The van der Waals surface area contributed by atoms with Crippen LogP contribution in [0.25, 0.3) is 0 Å². The number of aliphatic hydroxyl groups excluding tert-OH is 1. The molecule has 0 spiro atoms. The molecule has 2 atom stereocenters. The van der Waals surface area contributed by atoms with Crippen LogP contribution in [0.5, 0.6) is 0 Å². The summed E-state index contributed by atoms with van der Waals surface area (Å²) in [5.41, 5.74) is 0. The summed E-state index contributed by atoms with van der Waals surface area (Å²) in [5.74, 6) is 0. The fraction of sp³-hybridized carbons (Fsp3) is 0.875. The molecule has 3 nitrogen and oxygen atoms in total. The topological polar surface area (TPSA) is 40.5 Å². The average molecular weight is 189 g/mol. The van der Waals surface area contributed by atoms with Crippen molar-refractivity contribution in [1.29, 1.82) is 0 Å². The van der Waals surface area contributed by atoms with Crippen molar-refractivity contribution in [3.63, 3.8) is 0 Å². The molecule has 0 amide bonds. The Kier molecular flexibility index (Phi) is 3.55. The van der Waals surface area contributed by atoms with Crippen molar-refractivity contribution < 1.29 is 9.90 Å². The highest BCUT2D eigenvalue weighted by Gasteiger charge is 2.29. The summed E-state index contributed by atoms with van der Waals surface area (Å²) in [6.45, 7) is 2.71. The van der Waals surface area contributed by atoms with Crippen molar-refractivity contribution in [3.8, 4) is 0 Å². The Morgan fingerprint density at radius 1 is 1.75 bits per heavy atom. The second-order valence-corrected chi connectivity index (χ2v) is 4.72. The van der Waals surface area contributed by atoms with Crippen molar-refractivity contribution in [2.24, 2.45) is 0 Å². The van der Waals surface area contributed by atoms with Gasteiger partial charge in [-0.25, -0.2) is 0 Å². The Morgan fingerprint density at radius 2 is 2.42 bits per heavy atom. The third-order valence-electron chi connectivity index (χ3n) is 2.19. The zero-order valence-corrected chi connectivity index (χ0v) is 8.30. The lowest BCUT2D eigenvalue weighted by Gasteiger charge is -2.15. The Hall–Kier alpha value is -0.0600. The van der Waals surface area contributed by atoms with E-state index in [1.807, 2.05) is 7.05 Å². The molecule has 70 valence electrons. The number of nitrogens with zero attached hydrogens (tertiary/aromatic N) is 1. The molecule has 4 heteroatoms. The normalized spacial score (nSPS) is 30.9. The standard InChI is InChI=1S/C8H15NO2S/c1-6(11)12-8-3-7(5-10)9(2)4-8/h7-8,10H,3-5H2,1-2H3/t7-,8+/m0/s1. The summed E-state index contributed by atoms with van der Waals surface area (Å²) < 4.78 is 0. The van der Waals surface area contributed by atoms with E-state index in [-0.39, 0.29) is 17.8 Å². The number of hydrogen-bond acceptors (Lipinski definition) is 4. The van der Waals surface area contributed by atoms with Crippen LogP contribution in [0.1, 0.15) is 13.3 Å². The van der Waals surface area contributed by atoms with Gasteiger partial charge in [0.2, 0.25) is 0 Å². The van der Waals surface area contributed by atoms with Crippen LogP contribution in [0.15, 0.2) is 0 Å². The van der Waals surface area contributed by atoms with E-state index in [0.29, 0.717) is 5.25 Å². The molecule has 0 unspecified atom stereocenters. The van der Waals surface area contributed by atoms with Gasteiger partial charge in [0.15, 0.2) is 5.12 Å². The highest BCUT2D eigenvalue weighted by Crippen LogP contribution is 2.26. The molecule has 1 fully saturated rings. The van der Waals surface area contributed by atoms with Crippen molar-refractivity contribution in [1.82, 2.24) is 4.90 Å². The molecule has 0 aromatic heterocycles. The van der Waals surface area contributed by atoms with Gasteiger partial charge in [-0.05, 0) is 13.5 Å². The molecule has 0 aromatic carbocycles. The van der Waals surface area contributed by atoms with E-state index in [9.17, 15) is 4.79 Å². The van der Waals surface area contributed by atoms with Crippen molar-refractivity contribution in [2.45, 2.75) is 24.6 Å². The molecule has 1 saturated heterocycles. The second kappa shape index (κ2) is 4.25. The molecule has 0 radical (unpaired) electrons. The zero-order chi connectivity index (χ0) is 9.14. The van der Waals surface area contributed by atoms with Gasteiger partial charge < -0.3 is 5.11 Å². The number of hydrogen-bond donors (Lipinski definition) is 1. The highest BCUT2D eigenvalue weighted by atomic mass is 32.2. The van der Waals surface area contributed by atoms with Crippen LogP contribution in [-0.4, -0.2) is 46.6 Å². The number of carbonyl (C=O) groups excluding carboxylic acids is 1. The molecule has 1 heterocycles. The fourth-order valence-corrected chi connectivity index (χ4v) is 2.66. The number of carbonyl (C=O) groups is 1. The van der Waals surface area contributed by atoms with Crippen molar-refractivity contribution in [2.75, 3.05) is 20.2 Å². The highest BCUT2D eigenvalue weighted by molar-refractivity contribution is 8.14. The minimum atomic E-state index is 0.173. The van der Waals surface area contributed by atoms with Gasteiger partial charge in [-0.1, -0.05) is 11.8 Å². The van der Waals surface area contributed by atoms with E-state index in [4.69, 9.17) is 5.11 Å². The number of likely N-dealkylation sites (tertiary alicyclic amines) is 1. The first-order valence-electron chi connectivity index (χ1n) is 4.11. The quantitative estimate of drug-likeness (QED) is 0.679. The lowest BCUT2D eigenvalue weighted by Crippen LogP contribution is -2.27. The predicted octanol–water partition coefficient (Wildman–Crippen LogP) is 0.331. The molecule has 1 aliphatic rings. The van der Waals surface area contributed by atoms with Gasteiger partial charge in [-0.2, -0.15) is 0 Å². The van der Waals surface area contributed by atoms with Crippen molar-refractivity contribution >= 4 is 16.9 Å². The summed E-state index contributed by atoms with van der Waals surface area (Å²) in [7, 11) is 1.99. The van der Waals surface area contributed by atoms with Gasteiger partial charge in [-0.3, -0.25) is 9.69 Å². The van der Waals surface area contributed by atoms with Gasteiger partial charge in [-0.15, -0.1) is 0 Å². The molecule has 0 saturated carbocycles. The summed E-state index contributed by atoms with van der Waals surface area (Å²) in [5, 5.41) is 9.50. The fourth-order valence-electron chi connectivity index (χ4n) is 1.56. The Labute approximate surface area is 77.1 Å². The van der Waals surface area contributed by atoms with Gasteiger partial charge in [0.05, 0.1) is 6.61 Å². The Morgan fingerprint density at radius 3 is 2.83 bits per heavy atom. The maximum absolute atomic E-state index is 10.8. The van der Waals surface area contributed by atoms with Crippen LogP contribution in [0.2, 0.25) is 0 Å². The zero-order valence-electron chi connectivity index (χ0n) is 7.49. The minimum absolute atomic E-state index is 0.173. The number of thioether (sulfide) groups is 1. The molecule has 0 bridgehead atoms. The molecule has 1 aliphatic heterocycles. The second-order valence-electron chi connectivity index (χ2n) is 3.24. The largest absolute Gasteiger partial charge is 0.395 e. The first kappa shape index (κ1) is 10.0. The van der Waals surface area contributed by atoms with Gasteiger partial charge in [0.1, 0.15) is 0 Å². The van der Waals surface area contributed by atoms with Crippen LogP contribution in [-0.2, 0) is 4.79 Å². The molecular formula is C8H15NO2S. The van der Waals surface area contributed by atoms with Crippen LogP contribution in [0, 0.1) is 0 Å². The summed E-state index contributed by atoms with van der Waals surface area (Å²) in [4.78, 5) is 12.9.